The second kappa shape index (κ2) is 8.27. The number of hydrogen-bond donors (Lipinski definition) is 1. The van der Waals surface area contributed by atoms with Crippen molar-refractivity contribution >= 4 is 17.6 Å². The Bertz CT molecular complexity index is 931. The van der Waals surface area contributed by atoms with Crippen LogP contribution in [-0.4, -0.2) is 29.1 Å². The zero-order valence-electron chi connectivity index (χ0n) is 15.1. The Morgan fingerprint density at radius 1 is 1.07 bits per heavy atom. The Labute approximate surface area is 156 Å². The largest absolute Gasteiger partial charge is 0.465 e. The summed E-state index contributed by atoms with van der Waals surface area (Å²) in [4.78, 5) is 27.8. The number of amides is 1. The van der Waals surface area contributed by atoms with Gasteiger partial charge in [-0.15, -0.1) is 0 Å². The van der Waals surface area contributed by atoms with E-state index in [4.69, 9.17) is 4.52 Å². The van der Waals surface area contributed by atoms with Crippen molar-refractivity contribution in [3.05, 3.63) is 65.5 Å². The number of benzene rings is 2. The number of carbonyl (C=O) groups excluding carboxylic acids is 2. The molecular formula is C20H19N3O4. The Balaban J connectivity index is 1.53. The van der Waals surface area contributed by atoms with Crippen molar-refractivity contribution in [3.8, 4) is 11.4 Å². The van der Waals surface area contributed by atoms with Crippen molar-refractivity contribution in [2.45, 2.75) is 19.8 Å². The molecule has 2 aromatic carbocycles. The minimum Gasteiger partial charge on any atom is -0.465 e. The number of ether oxygens (including phenoxy) is 1. The lowest BCUT2D eigenvalue weighted by Crippen LogP contribution is -2.12. The lowest BCUT2D eigenvalue weighted by molar-refractivity contribution is -0.116. The van der Waals surface area contributed by atoms with Gasteiger partial charge in [0.05, 0.1) is 12.7 Å². The molecule has 0 aliphatic rings. The molecule has 0 aliphatic heterocycles. The van der Waals surface area contributed by atoms with Crippen LogP contribution in [-0.2, 0) is 16.0 Å². The third kappa shape index (κ3) is 4.78. The van der Waals surface area contributed by atoms with Crippen LogP contribution in [0.15, 0.2) is 53.1 Å². The molecule has 138 valence electrons. The van der Waals surface area contributed by atoms with E-state index in [1.165, 1.54) is 7.11 Å². The molecule has 27 heavy (non-hydrogen) atoms. The number of aromatic nitrogens is 2. The highest BCUT2D eigenvalue weighted by molar-refractivity contribution is 5.93. The first kappa shape index (κ1) is 18.3. The van der Waals surface area contributed by atoms with Gasteiger partial charge in [-0.1, -0.05) is 35.0 Å². The van der Waals surface area contributed by atoms with Gasteiger partial charge in [0.15, 0.2) is 0 Å². The molecule has 0 spiro atoms. The highest BCUT2D eigenvalue weighted by atomic mass is 16.5. The monoisotopic (exact) mass is 365 g/mol. The maximum atomic E-state index is 12.1. The molecule has 0 atom stereocenters. The summed E-state index contributed by atoms with van der Waals surface area (Å²) >= 11 is 0. The van der Waals surface area contributed by atoms with Crippen LogP contribution >= 0.6 is 0 Å². The Hall–Kier alpha value is -3.48. The Morgan fingerprint density at radius 2 is 1.78 bits per heavy atom. The number of aryl methyl sites for hydroxylation is 2. The van der Waals surface area contributed by atoms with Gasteiger partial charge in [-0.3, -0.25) is 4.79 Å². The molecule has 0 saturated carbocycles. The summed E-state index contributed by atoms with van der Waals surface area (Å²) in [5.74, 6) is 0.301. The van der Waals surface area contributed by atoms with E-state index in [-0.39, 0.29) is 12.3 Å². The number of carbonyl (C=O) groups is 2. The van der Waals surface area contributed by atoms with Gasteiger partial charge in [0, 0.05) is 24.1 Å². The summed E-state index contributed by atoms with van der Waals surface area (Å²) in [6.45, 7) is 2.01. The van der Waals surface area contributed by atoms with Crippen LogP contribution in [0.2, 0.25) is 0 Å². The van der Waals surface area contributed by atoms with E-state index >= 15 is 0 Å². The number of hydrogen-bond acceptors (Lipinski definition) is 6. The smallest absolute Gasteiger partial charge is 0.337 e. The predicted octanol–water partition coefficient (Wildman–Crippen LogP) is 3.40. The first-order valence-corrected chi connectivity index (χ1v) is 8.43. The molecule has 0 saturated heterocycles. The average Bonchev–Trinajstić information content (AvgIpc) is 3.16. The fourth-order valence-corrected chi connectivity index (χ4v) is 2.43. The fourth-order valence-electron chi connectivity index (χ4n) is 2.43. The molecule has 7 heteroatoms. The Morgan fingerprint density at radius 3 is 2.44 bits per heavy atom. The lowest BCUT2D eigenvalue weighted by atomic mass is 10.1. The SMILES string of the molecule is COC(=O)c1ccc(NC(=O)CCc2nc(-c3ccc(C)cc3)no2)cc1. The third-order valence-corrected chi connectivity index (χ3v) is 3.93. The molecule has 1 aromatic heterocycles. The van der Waals surface area contributed by atoms with Crippen molar-refractivity contribution in [1.29, 1.82) is 0 Å². The summed E-state index contributed by atoms with van der Waals surface area (Å²) in [7, 11) is 1.32. The second-order valence-electron chi connectivity index (χ2n) is 5.99. The topological polar surface area (TPSA) is 94.3 Å². The van der Waals surface area contributed by atoms with Crippen LogP contribution in [0.4, 0.5) is 5.69 Å². The molecule has 0 fully saturated rings. The van der Waals surface area contributed by atoms with E-state index in [0.29, 0.717) is 29.4 Å². The first-order chi connectivity index (χ1) is 13.0. The summed E-state index contributed by atoms with van der Waals surface area (Å²) < 4.78 is 9.85. The molecule has 1 heterocycles. The van der Waals surface area contributed by atoms with Gasteiger partial charge in [-0.05, 0) is 31.2 Å². The quantitative estimate of drug-likeness (QED) is 0.673. The van der Waals surface area contributed by atoms with E-state index in [9.17, 15) is 9.59 Å². The van der Waals surface area contributed by atoms with Crippen LogP contribution < -0.4 is 5.32 Å². The number of esters is 1. The molecule has 7 nitrogen and oxygen atoms in total. The third-order valence-electron chi connectivity index (χ3n) is 3.93. The lowest BCUT2D eigenvalue weighted by Gasteiger charge is -2.05. The van der Waals surface area contributed by atoms with Gasteiger partial charge in [0.25, 0.3) is 0 Å². The van der Waals surface area contributed by atoms with Crippen molar-refractivity contribution in [1.82, 2.24) is 10.1 Å². The molecule has 0 bridgehead atoms. The summed E-state index contributed by atoms with van der Waals surface area (Å²) in [5.41, 5.74) is 3.04. The maximum Gasteiger partial charge on any atom is 0.337 e. The van der Waals surface area contributed by atoms with E-state index in [2.05, 4.69) is 20.2 Å². The van der Waals surface area contributed by atoms with E-state index < -0.39 is 5.97 Å². The first-order valence-electron chi connectivity index (χ1n) is 8.43. The molecule has 3 aromatic rings. The van der Waals surface area contributed by atoms with Crippen molar-refractivity contribution < 1.29 is 18.8 Å². The highest BCUT2D eigenvalue weighted by Crippen LogP contribution is 2.17. The molecule has 0 radical (unpaired) electrons. The van der Waals surface area contributed by atoms with Crippen LogP contribution in [0, 0.1) is 6.92 Å². The number of methoxy groups -OCH3 is 1. The second-order valence-corrected chi connectivity index (χ2v) is 5.99. The average molecular weight is 365 g/mol. The van der Waals surface area contributed by atoms with Gasteiger partial charge in [0.1, 0.15) is 0 Å². The maximum absolute atomic E-state index is 12.1. The number of rotatable bonds is 6. The van der Waals surface area contributed by atoms with Crippen LogP contribution in [0.25, 0.3) is 11.4 Å². The van der Waals surface area contributed by atoms with Crippen LogP contribution in [0.3, 0.4) is 0 Å². The standard InChI is InChI=1S/C20H19N3O4/c1-13-3-5-14(6-4-13)19-22-18(27-23-19)12-11-17(24)21-16-9-7-15(8-10-16)20(25)26-2/h3-10H,11-12H2,1-2H3,(H,21,24). The molecule has 0 aliphatic carbocycles. The minimum absolute atomic E-state index is 0.184. The normalized spacial score (nSPS) is 10.4. The van der Waals surface area contributed by atoms with Gasteiger partial charge >= 0.3 is 5.97 Å². The fraction of sp³-hybridized carbons (Fsp3) is 0.200. The Kier molecular flexibility index (Phi) is 5.61. The van der Waals surface area contributed by atoms with E-state index in [0.717, 1.165) is 11.1 Å². The minimum atomic E-state index is -0.423. The van der Waals surface area contributed by atoms with Gasteiger partial charge < -0.3 is 14.6 Å². The summed E-state index contributed by atoms with van der Waals surface area (Å²) in [6.07, 6.45) is 0.541. The molecule has 1 N–H and O–H groups in total. The zero-order chi connectivity index (χ0) is 19.2. The van der Waals surface area contributed by atoms with Crippen molar-refractivity contribution in [2.24, 2.45) is 0 Å². The van der Waals surface area contributed by atoms with Crippen LogP contribution in [0.5, 0.6) is 0 Å². The predicted molar refractivity (Wildman–Crippen MR) is 99.2 cm³/mol. The van der Waals surface area contributed by atoms with Gasteiger partial charge in [0.2, 0.25) is 17.6 Å². The molecular weight excluding hydrogens is 346 g/mol. The van der Waals surface area contributed by atoms with Crippen LogP contribution in [0.1, 0.15) is 28.2 Å². The number of nitrogens with one attached hydrogen (secondary N) is 1. The van der Waals surface area contributed by atoms with Crippen molar-refractivity contribution in [3.63, 3.8) is 0 Å². The van der Waals surface area contributed by atoms with Gasteiger partial charge in [-0.2, -0.15) is 4.98 Å². The summed E-state index contributed by atoms with van der Waals surface area (Å²) in [6, 6.07) is 14.3. The number of anilines is 1. The number of nitrogens with zero attached hydrogens (tertiary/aromatic N) is 2. The molecule has 3 rings (SSSR count). The van der Waals surface area contributed by atoms with Gasteiger partial charge in [-0.25, -0.2) is 4.79 Å². The van der Waals surface area contributed by atoms with E-state index in [1.807, 2.05) is 31.2 Å². The van der Waals surface area contributed by atoms with Crippen molar-refractivity contribution in [2.75, 3.05) is 12.4 Å². The zero-order valence-corrected chi connectivity index (χ0v) is 15.1. The summed E-state index contributed by atoms with van der Waals surface area (Å²) in [5, 5.41) is 6.71. The highest BCUT2D eigenvalue weighted by Gasteiger charge is 2.11. The van der Waals surface area contributed by atoms with E-state index in [1.54, 1.807) is 24.3 Å². The molecule has 1 amide bonds. The molecule has 0 unspecified atom stereocenters.